The van der Waals surface area contributed by atoms with E-state index in [0.717, 1.165) is 35.2 Å². The molecule has 3 aliphatic rings. The lowest BCUT2D eigenvalue weighted by Crippen LogP contribution is -2.40. The lowest BCUT2D eigenvalue weighted by molar-refractivity contribution is 0.344. The second-order valence-corrected chi connectivity index (χ2v) is 9.67. The molecular formula is C29H24FN3S. The van der Waals surface area contributed by atoms with Gasteiger partial charge in [-0.25, -0.2) is 9.38 Å². The van der Waals surface area contributed by atoms with Crippen molar-refractivity contribution >= 4 is 28.7 Å². The first-order chi connectivity index (χ1) is 16.7. The molecule has 6 rings (SSSR count). The van der Waals surface area contributed by atoms with Crippen molar-refractivity contribution in [1.82, 2.24) is 9.80 Å². The highest BCUT2D eigenvalue weighted by molar-refractivity contribution is 8.16. The summed E-state index contributed by atoms with van der Waals surface area (Å²) in [5.41, 5.74) is 8.10. The van der Waals surface area contributed by atoms with Gasteiger partial charge < -0.3 is 4.90 Å². The Morgan fingerprint density at radius 1 is 0.912 bits per heavy atom. The Morgan fingerprint density at radius 2 is 1.62 bits per heavy atom. The largest absolute Gasteiger partial charge is 0.308 e. The van der Waals surface area contributed by atoms with Gasteiger partial charge in [-0.15, -0.1) is 0 Å². The lowest BCUT2D eigenvalue weighted by atomic mass is 9.88. The van der Waals surface area contributed by atoms with E-state index < -0.39 is 0 Å². The molecule has 0 aliphatic carbocycles. The van der Waals surface area contributed by atoms with Gasteiger partial charge in [0.15, 0.2) is 5.17 Å². The van der Waals surface area contributed by atoms with Gasteiger partial charge in [0.25, 0.3) is 0 Å². The predicted octanol–water partition coefficient (Wildman–Crippen LogP) is 6.57. The Bertz CT molecular complexity index is 1340. The van der Waals surface area contributed by atoms with E-state index in [1.54, 1.807) is 11.8 Å². The van der Waals surface area contributed by atoms with Gasteiger partial charge in [-0.2, -0.15) is 0 Å². The molecule has 3 aromatic carbocycles. The molecule has 34 heavy (non-hydrogen) atoms. The summed E-state index contributed by atoms with van der Waals surface area (Å²) in [5.74, 6) is -0.225. The first-order valence-corrected chi connectivity index (χ1v) is 12.3. The number of nitrogens with zero attached hydrogens (tertiary/aromatic N) is 3. The SMILES string of the molecule is CN1CC2=C(N=C3SC=C(c4ccc(F)cc4)N3C2c2ccccc2)/C(=C/c2ccccc2)C1. The topological polar surface area (TPSA) is 18.8 Å². The molecule has 3 aromatic rings. The van der Waals surface area contributed by atoms with E-state index in [1.807, 2.05) is 18.2 Å². The third-order valence-electron chi connectivity index (χ3n) is 6.42. The van der Waals surface area contributed by atoms with Crippen LogP contribution < -0.4 is 0 Å². The summed E-state index contributed by atoms with van der Waals surface area (Å²) in [6, 6.07) is 27.9. The Hall–Kier alpha value is -3.41. The Balaban J connectivity index is 1.51. The summed E-state index contributed by atoms with van der Waals surface area (Å²) in [4.78, 5) is 9.89. The molecule has 0 saturated heterocycles. The van der Waals surface area contributed by atoms with Gasteiger partial charge in [0.05, 0.1) is 17.4 Å². The summed E-state index contributed by atoms with van der Waals surface area (Å²) in [6.45, 7) is 1.70. The van der Waals surface area contributed by atoms with Gasteiger partial charge in [0.1, 0.15) is 5.82 Å². The Kier molecular flexibility index (Phi) is 5.44. The fourth-order valence-electron chi connectivity index (χ4n) is 4.94. The molecule has 1 unspecified atom stereocenters. The number of likely N-dealkylation sites (N-methyl/N-ethyl adjacent to an activating group) is 1. The van der Waals surface area contributed by atoms with Crippen LogP contribution in [0.2, 0.25) is 0 Å². The van der Waals surface area contributed by atoms with E-state index in [0.29, 0.717) is 0 Å². The zero-order valence-corrected chi connectivity index (χ0v) is 19.7. The van der Waals surface area contributed by atoms with Gasteiger partial charge in [0, 0.05) is 18.5 Å². The highest BCUT2D eigenvalue weighted by atomic mass is 32.2. The summed E-state index contributed by atoms with van der Waals surface area (Å²) < 4.78 is 13.7. The number of hydrogen-bond donors (Lipinski definition) is 0. The zero-order chi connectivity index (χ0) is 23.1. The lowest BCUT2D eigenvalue weighted by Gasteiger charge is -2.42. The predicted molar refractivity (Wildman–Crippen MR) is 139 cm³/mol. The van der Waals surface area contributed by atoms with Crippen molar-refractivity contribution in [2.24, 2.45) is 4.99 Å². The fourth-order valence-corrected chi connectivity index (χ4v) is 5.87. The molecule has 3 aliphatic heterocycles. The third kappa shape index (κ3) is 3.81. The van der Waals surface area contributed by atoms with Gasteiger partial charge in [0.2, 0.25) is 0 Å². The van der Waals surface area contributed by atoms with E-state index >= 15 is 0 Å². The van der Waals surface area contributed by atoms with Crippen LogP contribution in [0.5, 0.6) is 0 Å². The minimum atomic E-state index is -0.225. The highest BCUT2D eigenvalue weighted by Crippen LogP contribution is 2.49. The average Bonchev–Trinajstić information content (AvgIpc) is 3.28. The number of benzene rings is 3. The smallest absolute Gasteiger partial charge is 0.174 e. The molecule has 0 spiro atoms. The summed E-state index contributed by atoms with van der Waals surface area (Å²) in [7, 11) is 2.17. The molecular weight excluding hydrogens is 441 g/mol. The van der Waals surface area contributed by atoms with E-state index in [4.69, 9.17) is 4.99 Å². The van der Waals surface area contributed by atoms with Crippen molar-refractivity contribution in [3.8, 4) is 0 Å². The van der Waals surface area contributed by atoms with Gasteiger partial charge in [-0.1, -0.05) is 72.4 Å². The molecule has 0 fully saturated rings. The maximum Gasteiger partial charge on any atom is 0.174 e. The van der Waals surface area contributed by atoms with Crippen molar-refractivity contribution in [3.05, 3.63) is 130 Å². The minimum Gasteiger partial charge on any atom is -0.308 e. The monoisotopic (exact) mass is 465 g/mol. The van der Waals surface area contributed by atoms with Crippen LogP contribution in [0.4, 0.5) is 4.39 Å². The van der Waals surface area contributed by atoms with Crippen molar-refractivity contribution in [2.45, 2.75) is 6.04 Å². The van der Waals surface area contributed by atoms with E-state index in [9.17, 15) is 4.39 Å². The zero-order valence-electron chi connectivity index (χ0n) is 18.9. The Morgan fingerprint density at radius 3 is 2.35 bits per heavy atom. The van der Waals surface area contributed by atoms with E-state index in [-0.39, 0.29) is 11.9 Å². The first kappa shape index (κ1) is 21.1. The second-order valence-electron chi connectivity index (χ2n) is 8.83. The van der Waals surface area contributed by atoms with Crippen LogP contribution in [0.3, 0.4) is 0 Å². The molecule has 0 saturated carbocycles. The number of rotatable bonds is 3. The highest BCUT2D eigenvalue weighted by Gasteiger charge is 2.41. The Labute approximate surface area is 203 Å². The van der Waals surface area contributed by atoms with Crippen LogP contribution in [0.25, 0.3) is 11.8 Å². The molecule has 5 heteroatoms. The second kappa shape index (κ2) is 8.75. The number of fused-ring (bicyclic) bond motifs is 1. The molecule has 3 heterocycles. The molecule has 168 valence electrons. The molecule has 1 atom stereocenters. The van der Waals surface area contributed by atoms with Gasteiger partial charge >= 0.3 is 0 Å². The number of hydrogen-bond acceptors (Lipinski definition) is 4. The van der Waals surface area contributed by atoms with Crippen molar-refractivity contribution < 1.29 is 4.39 Å². The average molecular weight is 466 g/mol. The molecule has 3 nitrogen and oxygen atoms in total. The van der Waals surface area contributed by atoms with Crippen LogP contribution in [-0.2, 0) is 0 Å². The van der Waals surface area contributed by atoms with Gasteiger partial charge in [-0.3, -0.25) is 4.90 Å². The molecule has 0 aromatic heterocycles. The molecule has 0 radical (unpaired) electrons. The third-order valence-corrected chi connectivity index (χ3v) is 7.26. The van der Waals surface area contributed by atoms with Crippen LogP contribution in [0.1, 0.15) is 22.7 Å². The number of halogens is 1. The number of thioether (sulfide) groups is 1. The minimum absolute atomic E-state index is 0.0249. The summed E-state index contributed by atoms with van der Waals surface area (Å²) in [5, 5.41) is 3.11. The fraction of sp³-hybridized carbons (Fsp3) is 0.138. The summed E-state index contributed by atoms with van der Waals surface area (Å²) >= 11 is 1.64. The summed E-state index contributed by atoms with van der Waals surface area (Å²) in [6.07, 6.45) is 2.26. The van der Waals surface area contributed by atoms with Crippen molar-refractivity contribution in [3.63, 3.8) is 0 Å². The number of amidine groups is 1. The van der Waals surface area contributed by atoms with Crippen LogP contribution in [-0.4, -0.2) is 35.1 Å². The number of aliphatic imine (C=N–C) groups is 1. The molecule has 0 amide bonds. The van der Waals surface area contributed by atoms with E-state index in [2.05, 4.69) is 82.9 Å². The van der Waals surface area contributed by atoms with Crippen LogP contribution in [0, 0.1) is 5.82 Å². The van der Waals surface area contributed by atoms with Crippen molar-refractivity contribution in [1.29, 1.82) is 0 Å². The van der Waals surface area contributed by atoms with Crippen LogP contribution >= 0.6 is 11.8 Å². The maximum absolute atomic E-state index is 13.7. The first-order valence-electron chi connectivity index (χ1n) is 11.4. The van der Waals surface area contributed by atoms with Crippen molar-refractivity contribution in [2.75, 3.05) is 20.1 Å². The standard InChI is InChI=1S/C29H24FN3S/c1-32-17-23(16-20-8-4-2-5-9-20)27-25(18-32)28(22-10-6-3-7-11-22)33-26(19-34-29(33)31-27)21-12-14-24(30)15-13-21/h2-16,19,28H,17-18H2,1H3/b23-16+. The molecule has 0 N–H and O–H groups in total. The maximum atomic E-state index is 13.7. The quantitative estimate of drug-likeness (QED) is 0.436. The molecule has 0 bridgehead atoms. The van der Waals surface area contributed by atoms with E-state index in [1.165, 1.54) is 34.4 Å². The van der Waals surface area contributed by atoms with Crippen LogP contribution in [0.15, 0.2) is 112 Å². The normalized spacial score (nSPS) is 21.3. The van der Waals surface area contributed by atoms with Gasteiger partial charge in [-0.05, 0) is 65.2 Å².